The third-order valence-corrected chi connectivity index (χ3v) is 5.72. The van der Waals surface area contributed by atoms with Crippen molar-refractivity contribution < 1.29 is 4.74 Å². The molecule has 0 amide bonds. The fourth-order valence-electron chi connectivity index (χ4n) is 4.10. The summed E-state index contributed by atoms with van der Waals surface area (Å²) < 4.78 is 6.42. The van der Waals surface area contributed by atoms with E-state index in [-0.39, 0.29) is 6.10 Å². The second-order valence-corrected chi connectivity index (χ2v) is 7.14. The molecule has 0 aromatic heterocycles. The van der Waals surface area contributed by atoms with Crippen LogP contribution in [0.15, 0.2) is 24.3 Å². The number of fused-ring (bicyclic) bond motifs is 1. The molecule has 1 saturated carbocycles. The first-order valence-corrected chi connectivity index (χ1v) is 9.07. The van der Waals surface area contributed by atoms with Crippen LogP contribution >= 0.6 is 0 Å². The van der Waals surface area contributed by atoms with Gasteiger partial charge in [0.25, 0.3) is 0 Å². The van der Waals surface area contributed by atoms with Crippen molar-refractivity contribution in [2.75, 3.05) is 26.2 Å². The minimum Gasteiger partial charge on any atom is -0.371 e. The second kappa shape index (κ2) is 6.69. The number of nitrogens with one attached hydrogen (secondary N) is 1. The molecule has 0 bridgehead atoms. The van der Waals surface area contributed by atoms with Gasteiger partial charge in [-0.1, -0.05) is 30.7 Å². The number of rotatable bonds is 4. The van der Waals surface area contributed by atoms with Crippen molar-refractivity contribution in [2.45, 2.75) is 56.7 Å². The van der Waals surface area contributed by atoms with Crippen LogP contribution in [0.2, 0.25) is 0 Å². The number of ether oxygens (including phenoxy) is 1. The van der Waals surface area contributed by atoms with Crippen molar-refractivity contribution in [3.05, 3.63) is 35.4 Å². The zero-order chi connectivity index (χ0) is 14.8. The standard InChI is InChI=1S/C19H28N2O/c1-2-9-18-15(5-1)10-12-21(17-7-3-8-17)13-19(18)22-14-16-6-4-11-20-16/h1-2,5,9,16-17,19-20H,3-4,6-8,10-14H2/t16-,19?/m1/s1. The minimum absolute atomic E-state index is 0.252. The van der Waals surface area contributed by atoms with E-state index in [0.717, 1.165) is 25.7 Å². The molecular formula is C19H28N2O. The van der Waals surface area contributed by atoms with E-state index in [1.54, 1.807) is 0 Å². The van der Waals surface area contributed by atoms with Crippen molar-refractivity contribution >= 4 is 0 Å². The van der Waals surface area contributed by atoms with Crippen LogP contribution in [0.25, 0.3) is 0 Å². The molecule has 0 radical (unpaired) electrons. The molecule has 3 aliphatic rings. The highest BCUT2D eigenvalue weighted by Crippen LogP contribution is 2.32. The van der Waals surface area contributed by atoms with E-state index in [1.165, 1.54) is 56.2 Å². The van der Waals surface area contributed by atoms with Crippen LogP contribution in [-0.4, -0.2) is 43.2 Å². The van der Waals surface area contributed by atoms with Gasteiger partial charge in [-0.05, 0) is 49.8 Å². The summed E-state index contributed by atoms with van der Waals surface area (Å²) in [6, 6.07) is 10.3. The average Bonchev–Trinajstić information content (AvgIpc) is 2.94. The maximum absolute atomic E-state index is 6.42. The van der Waals surface area contributed by atoms with E-state index in [0.29, 0.717) is 6.04 Å². The highest BCUT2D eigenvalue weighted by atomic mass is 16.5. The highest BCUT2D eigenvalue weighted by molar-refractivity contribution is 5.31. The quantitative estimate of drug-likeness (QED) is 0.925. The monoisotopic (exact) mass is 300 g/mol. The van der Waals surface area contributed by atoms with Gasteiger partial charge in [0, 0.05) is 25.2 Å². The Bertz CT molecular complexity index is 494. The molecule has 0 spiro atoms. The topological polar surface area (TPSA) is 24.5 Å². The van der Waals surface area contributed by atoms with Gasteiger partial charge in [0.15, 0.2) is 0 Å². The molecule has 2 aliphatic heterocycles. The third kappa shape index (κ3) is 3.08. The Morgan fingerprint density at radius 1 is 1.14 bits per heavy atom. The van der Waals surface area contributed by atoms with Gasteiger partial charge in [-0.2, -0.15) is 0 Å². The predicted molar refractivity (Wildman–Crippen MR) is 89.1 cm³/mol. The summed E-state index contributed by atoms with van der Waals surface area (Å²) in [5, 5.41) is 3.55. The van der Waals surface area contributed by atoms with E-state index in [9.17, 15) is 0 Å². The van der Waals surface area contributed by atoms with Crippen LogP contribution in [0.1, 0.15) is 49.3 Å². The molecule has 120 valence electrons. The molecule has 3 heteroatoms. The molecule has 1 aromatic rings. The Balaban J connectivity index is 1.48. The summed E-state index contributed by atoms with van der Waals surface area (Å²) in [5.41, 5.74) is 2.93. The van der Waals surface area contributed by atoms with Gasteiger partial charge in [0.05, 0.1) is 12.7 Å². The lowest BCUT2D eigenvalue weighted by Crippen LogP contribution is -2.43. The normalized spacial score (nSPS) is 29.8. The van der Waals surface area contributed by atoms with Gasteiger partial charge >= 0.3 is 0 Å². The van der Waals surface area contributed by atoms with E-state index in [1.807, 2.05) is 0 Å². The first-order chi connectivity index (χ1) is 10.9. The number of benzene rings is 1. The van der Waals surface area contributed by atoms with E-state index in [2.05, 4.69) is 34.5 Å². The van der Waals surface area contributed by atoms with E-state index < -0.39 is 0 Å². The molecule has 1 unspecified atom stereocenters. The fourth-order valence-corrected chi connectivity index (χ4v) is 4.10. The summed E-state index contributed by atoms with van der Waals surface area (Å²) >= 11 is 0. The first-order valence-electron chi connectivity index (χ1n) is 9.07. The lowest BCUT2D eigenvalue weighted by atomic mass is 9.91. The van der Waals surface area contributed by atoms with Crippen LogP contribution in [0.5, 0.6) is 0 Å². The summed E-state index contributed by atoms with van der Waals surface area (Å²) in [7, 11) is 0. The molecule has 1 aliphatic carbocycles. The molecular weight excluding hydrogens is 272 g/mol. The Kier molecular flexibility index (Phi) is 4.47. The van der Waals surface area contributed by atoms with Crippen molar-refractivity contribution in [3.63, 3.8) is 0 Å². The maximum Gasteiger partial charge on any atom is 0.0955 e. The van der Waals surface area contributed by atoms with Gasteiger partial charge in [-0.15, -0.1) is 0 Å². The minimum atomic E-state index is 0.252. The summed E-state index contributed by atoms with van der Waals surface area (Å²) in [6.45, 7) is 4.29. The SMILES string of the molecule is c1ccc2c(c1)CCN(C1CCC1)CC2OC[C@H]1CCCN1. The molecule has 2 fully saturated rings. The predicted octanol–water partition coefficient (Wildman–Crippen LogP) is 2.91. The van der Waals surface area contributed by atoms with Crippen LogP contribution in [-0.2, 0) is 11.2 Å². The second-order valence-electron chi connectivity index (χ2n) is 7.14. The Hall–Kier alpha value is -0.900. The molecule has 2 atom stereocenters. The van der Waals surface area contributed by atoms with Crippen molar-refractivity contribution in [1.82, 2.24) is 10.2 Å². The van der Waals surface area contributed by atoms with Gasteiger partial charge in [0.1, 0.15) is 0 Å². The Morgan fingerprint density at radius 2 is 2.05 bits per heavy atom. The van der Waals surface area contributed by atoms with Crippen LogP contribution < -0.4 is 5.32 Å². The molecule has 22 heavy (non-hydrogen) atoms. The molecule has 4 rings (SSSR count). The van der Waals surface area contributed by atoms with E-state index >= 15 is 0 Å². The summed E-state index contributed by atoms with van der Waals surface area (Å²) in [4.78, 5) is 2.69. The number of hydrogen-bond donors (Lipinski definition) is 1. The van der Waals surface area contributed by atoms with Crippen LogP contribution in [0.3, 0.4) is 0 Å². The van der Waals surface area contributed by atoms with Gasteiger partial charge < -0.3 is 10.1 Å². The maximum atomic E-state index is 6.42. The number of hydrogen-bond acceptors (Lipinski definition) is 3. The third-order valence-electron chi connectivity index (χ3n) is 5.72. The molecule has 3 nitrogen and oxygen atoms in total. The summed E-state index contributed by atoms with van der Waals surface area (Å²) in [6.07, 6.45) is 8.16. The largest absolute Gasteiger partial charge is 0.371 e. The smallest absolute Gasteiger partial charge is 0.0955 e. The molecule has 1 aromatic carbocycles. The van der Waals surface area contributed by atoms with Crippen molar-refractivity contribution in [2.24, 2.45) is 0 Å². The fraction of sp³-hybridized carbons (Fsp3) is 0.684. The Morgan fingerprint density at radius 3 is 2.82 bits per heavy atom. The first kappa shape index (κ1) is 14.7. The van der Waals surface area contributed by atoms with Crippen LogP contribution in [0, 0.1) is 0 Å². The Labute approximate surface area is 134 Å². The lowest BCUT2D eigenvalue weighted by molar-refractivity contribution is -0.0000200. The molecule has 1 N–H and O–H groups in total. The van der Waals surface area contributed by atoms with Crippen molar-refractivity contribution in [1.29, 1.82) is 0 Å². The van der Waals surface area contributed by atoms with E-state index in [4.69, 9.17) is 4.74 Å². The average molecular weight is 300 g/mol. The summed E-state index contributed by atoms with van der Waals surface area (Å²) in [5.74, 6) is 0. The lowest BCUT2D eigenvalue weighted by Gasteiger charge is -2.38. The molecule has 2 heterocycles. The van der Waals surface area contributed by atoms with Gasteiger partial charge in [-0.25, -0.2) is 0 Å². The highest BCUT2D eigenvalue weighted by Gasteiger charge is 2.31. The zero-order valence-corrected chi connectivity index (χ0v) is 13.5. The van der Waals surface area contributed by atoms with Crippen molar-refractivity contribution in [3.8, 4) is 0 Å². The molecule has 1 saturated heterocycles. The zero-order valence-electron chi connectivity index (χ0n) is 13.5. The number of nitrogens with zero attached hydrogens (tertiary/aromatic N) is 1. The van der Waals surface area contributed by atoms with Gasteiger partial charge in [-0.3, -0.25) is 4.90 Å². The van der Waals surface area contributed by atoms with Crippen LogP contribution in [0.4, 0.5) is 0 Å². The van der Waals surface area contributed by atoms with Gasteiger partial charge in [0.2, 0.25) is 0 Å².